The lowest BCUT2D eigenvalue weighted by Gasteiger charge is -2.16. The average molecular weight is 243 g/mol. The number of hydrogen-bond acceptors (Lipinski definition) is 3. The fourth-order valence-corrected chi connectivity index (χ4v) is 1.65. The van der Waals surface area contributed by atoms with Crippen LogP contribution in [0.5, 0.6) is 0 Å². The van der Waals surface area contributed by atoms with Gasteiger partial charge >= 0.3 is 0 Å². The maximum absolute atomic E-state index is 11.7. The highest BCUT2D eigenvalue weighted by molar-refractivity contribution is 6.29. The third kappa shape index (κ3) is 2.93. The van der Waals surface area contributed by atoms with Gasteiger partial charge in [0.1, 0.15) is 5.16 Å². The molecule has 1 unspecified atom stereocenters. The number of rotatable bonds is 4. The van der Waals surface area contributed by atoms with Crippen molar-refractivity contribution >= 4 is 24.2 Å². The molecule has 0 radical (unpaired) electrons. The lowest BCUT2D eigenvalue weighted by Crippen LogP contribution is -2.26. The largest absolute Gasteiger partial charge is 0.396 e. The number of carbonyl (C=O) groups excluding carboxylic acids is 1. The first kappa shape index (κ1) is 12.9. The molecule has 0 spiro atoms. The van der Waals surface area contributed by atoms with Gasteiger partial charge in [0.25, 0.3) is 0 Å². The number of allylic oxidation sites excluding steroid dienone is 3. The minimum absolute atomic E-state index is 0.0349. The quantitative estimate of drug-likeness (QED) is 0.462. The molecule has 5 heteroatoms. The monoisotopic (exact) mass is 242 g/mol. The van der Waals surface area contributed by atoms with Gasteiger partial charge in [0.15, 0.2) is 0 Å². The van der Waals surface area contributed by atoms with Crippen molar-refractivity contribution in [1.82, 2.24) is 4.90 Å². The Balaban J connectivity index is 2.72. The van der Waals surface area contributed by atoms with E-state index in [2.05, 4.69) is 11.7 Å². The number of hydrogen-bond donors (Lipinski definition) is 1. The molecule has 1 fully saturated rings. The van der Waals surface area contributed by atoms with Gasteiger partial charge in [0, 0.05) is 12.2 Å². The molecule has 0 aromatic carbocycles. The van der Waals surface area contributed by atoms with Gasteiger partial charge in [-0.3, -0.25) is 9.79 Å². The van der Waals surface area contributed by atoms with Crippen LogP contribution in [0.3, 0.4) is 0 Å². The fourth-order valence-electron chi connectivity index (χ4n) is 1.59. The summed E-state index contributed by atoms with van der Waals surface area (Å²) in [7, 11) is 0. The number of halogens is 1. The van der Waals surface area contributed by atoms with Gasteiger partial charge in [-0.05, 0) is 32.2 Å². The minimum Gasteiger partial charge on any atom is -0.396 e. The van der Waals surface area contributed by atoms with Gasteiger partial charge in [-0.2, -0.15) is 0 Å². The van der Waals surface area contributed by atoms with Gasteiger partial charge in [-0.1, -0.05) is 11.6 Å². The van der Waals surface area contributed by atoms with E-state index in [0.29, 0.717) is 13.0 Å². The summed E-state index contributed by atoms with van der Waals surface area (Å²) in [5, 5.41) is 9.25. The highest BCUT2D eigenvalue weighted by Crippen LogP contribution is 2.21. The van der Waals surface area contributed by atoms with Gasteiger partial charge in [0.2, 0.25) is 5.91 Å². The summed E-state index contributed by atoms with van der Waals surface area (Å²) in [6.45, 7) is 5.65. The van der Waals surface area contributed by atoms with Crippen molar-refractivity contribution in [2.45, 2.75) is 13.3 Å². The normalized spacial score (nSPS) is 22.8. The van der Waals surface area contributed by atoms with Crippen LogP contribution in [0.1, 0.15) is 13.3 Å². The van der Waals surface area contributed by atoms with Gasteiger partial charge in [-0.25, -0.2) is 0 Å². The summed E-state index contributed by atoms with van der Waals surface area (Å²) < 4.78 is 0. The SMILES string of the molecule is C=N/C(Cl)=C\C=C(/C)N1CCC(CO)C1=O. The van der Waals surface area contributed by atoms with Crippen LogP contribution in [0, 0.1) is 5.92 Å². The average Bonchev–Trinajstić information content (AvgIpc) is 2.66. The van der Waals surface area contributed by atoms with Crippen molar-refractivity contribution in [3.63, 3.8) is 0 Å². The summed E-state index contributed by atoms with van der Waals surface area (Å²) in [5.74, 6) is -0.298. The number of aliphatic hydroxyl groups is 1. The van der Waals surface area contributed by atoms with Crippen LogP contribution in [0.2, 0.25) is 0 Å². The second kappa shape index (κ2) is 5.82. The second-order valence-corrected chi connectivity index (χ2v) is 4.00. The molecule has 1 heterocycles. The number of carbonyl (C=O) groups is 1. The minimum atomic E-state index is -0.264. The predicted molar refractivity (Wildman–Crippen MR) is 64.1 cm³/mol. The lowest BCUT2D eigenvalue weighted by atomic mass is 10.1. The maximum atomic E-state index is 11.7. The van der Waals surface area contributed by atoms with E-state index in [9.17, 15) is 4.79 Å². The standard InChI is InChI=1S/C11H15ClN2O2/c1-8(3-4-10(12)13-2)14-6-5-9(7-15)11(14)16/h3-4,9,15H,2,5-7H2,1H3/b8-3+,10-4-. The predicted octanol–water partition coefficient (Wildman–Crippen LogP) is 1.51. The molecule has 16 heavy (non-hydrogen) atoms. The number of amides is 1. The van der Waals surface area contributed by atoms with Gasteiger partial charge in [-0.15, -0.1) is 0 Å². The zero-order valence-corrected chi connectivity index (χ0v) is 9.94. The Kier molecular flexibility index (Phi) is 4.71. The molecule has 0 aromatic heterocycles. The first-order valence-electron chi connectivity index (χ1n) is 5.03. The number of likely N-dealkylation sites (tertiary alicyclic amines) is 1. The van der Waals surface area contributed by atoms with Crippen LogP contribution in [0.25, 0.3) is 0 Å². The van der Waals surface area contributed by atoms with Crippen LogP contribution in [0.4, 0.5) is 0 Å². The van der Waals surface area contributed by atoms with Crippen LogP contribution in [-0.2, 0) is 4.79 Å². The zero-order chi connectivity index (χ0) is 12.1. The van der Waals surface area contributed by atoms with Crippen LogP contribution < -0.4 is 0 Å². The molecule has 4 nitrogen and oxygen atoms in total. The first-order valence-corrected chi connectivity index (χ1v) is 5.41. The molecule has 1 amide bonds. The van der Waals surface area contributed by atoms with Gasteiger partial charge in [0.05, 0.1) is 12.5 Å². The number of nitrogens with zero attached hydrogens (tertiary/aromatic N) is 2. The highest BCUT2D eigenvalue weighted by atomic mass is 35.5. The van der Waals surface area contributed by atoms with Crippen molar-refractivity contribution in [2.75, 3.05) is 13.2 Å². The molecule has 88 valence electrons. The Hall–Kier alpha value is -1.13. The topological polar surface area (TPSA) is 52.9 Å². The third-order valence-electron chi connectivity index (χ3n) is 2.58. The van der Waals surface area contributed by atoms with E-state index >= 15 is 0 Å². The van der Waals surface area contributed by atoms with Crippen LogP contribution in [0.15, 0.2) is 28.0 Å². The van der Waals surface area contributed by atoms with E-state index in [-0.39, 0.29) is 23.6 Å². The molecule has 1 N–H and O–H groups in total. The van der Waals surface area contributed by atoms with Crippen LogP contribution in [-0.4, -0.2) is 35.8 Å². The first-order chi connectivity index (χ1) is 7.60. The summed E-state index contributed by atoms with van der Waals surface area (Å²) in [5.41, 5.74) is 0.794. The fraction of sp³-hybridized carbons (Fsp3) is 0.455. The molecule has 0 saturated carbocycles. The zero-order valence-electron chi connectivity index (χ0n) is 9.19. The Morgan fingerprint density at radius 2 is 2.44 bits per heavy atom. The summed E-state index contributed by atoms with van der Waals surface area (Å²) >= 11 is 5.65. The van der Waals surface area contributed by atoms with Crippen molar-refractivity contribution < 1.29 is 9.90 Å². The van der Waals surface area contributed by atoms with E-state index in [1.165, 1.54) is 0 Å². The smallest absolute Gasteiger partial charge is 0.232 e. The molecule has 1 atom stereocenters. The van der Waals surface area contributed by atoms with Crippen molar-refractivity contribution in [3.8, 4) is 0 Å². The van der Waals surface area contributed by atoms with E-state index < -0.39 is 0 Å². The van der Waals surface area contributed by atoms with Crippen LogP contribution >= 0.6 is 11.6 Å². The van der Waals surface area contributed by atoms with Crippen molar-refractivity contribution in [3.05, 3.63) is 23.0 Å². The molecular weight excluding hydrogens is 228 g/mol. The van der Waals surface area contributed by atoms with E-state index in [0.717, 1.165) is 5.70 Å². The van der Waals surface area contributed by atoms with Crippen molar-refractivity contribution in [1.29, 1.82) is 0 Å². The number of aliphatic hydroxyl groups excluding tert-OH is 1. The molecule has 0 bridgehead atoms. The highest BCUT2D eigenvalue weighted by Gasteiger charge is 2.31. The van der Waals surface area contributed by atoms with E-state index in [1.54, 1.807) is 17.1 Å². The molecular formula is C11H15ClN2O2. The summed E-state index contributed by atoms with van der Waals surface area (Å²) in [4.78, 5) is 16.9. The summed E-state index contributed by atoms with van der Waals surface area (Å²) in [6.07, 6.45) is 4.00. The van der Waals surface area contributed by atoms with Crippen molar-refractivity contribution in [2.24, 2.45) is 10.9 Å². The molecule has 1 rings (SSSR count). The maximum Gasteiger partial charge on any atom is 0.232 e. The Morgan fingerprint density at radius 3 is 2.94 bits per heavy atom. The molecule has 1 saturated heterocycles. The Morgan fingerprint density at radius 1 is 1.75 bits per heavy atom. The Labute approximate surface area is 99.9 Å². The summed E-state index contributed by atoms with van der Waals surface area (Å²) in [6, 6.07) is 0. The molecule has 0 aromatic rings. The van der Waals surface area contributed by atoms with E-state index in [4.69, 9.17) is 16.7 Å². The second-order valence-electron chi connectivity index (χ2n) is 3.61. The molecule has 1 aliphatic heterocycles. The van der Waals surface area contributed by atoms with E-state index in [1.807, 2.05) is 6.92 Å². The van der Waals surface area contributed by atoms with Gasteiger partial charge < -0.3 is 10.0 Å². The lowest BCUT2D eigenvalue weighted by molar-refractivity contribution is -0.130. The number of aliphatic imine (C=N–C) groups is 1. The third-order valence-corrected chi connectivity index (χ3v) is 2.82. The molecule has 0 aliphatic carbocycles. The molecule has 1 aliphatic rings. The Bertz CT molecular complexity index is 350.